The molecule has 1 aliphatic rings. The van der Waals surface area contributed by atoms with Gasteiger partial charge in [0.2, 0.25) is 0 Å². The van der Waals surface area contributed by atoms with Crippen molar-refractivity contribution in [2.75, 3.05) is 4.90 Å². The Morgan fingerprint density at radius 1 is 0.781 bits per heavy atom. The number of para-hydroxylation sites is 2. The van der Waals surface area contributed by atoms with Crippen LogP contribution in [0.25, 0.3) is 11.6 Å². The van der Waals surface area contributed by atoms with Crippen LogP contribution in [0.4, 0.5) is 11.4 Å². The van der Waals surface area contributed by atoms with Crippen molar-refractivity contribution in [3.05, 3.63) is 117 Å². The number of anilines is 2. The molecular formula is C26H17Cl3N2O. The number of aromatic nitrogens is 1. The fraction of sp³-hybridized carbons (Fsp3) is 0.0385. The summed E-state index contributed by atoms with van der Waals surface area (Å²) in [5, 5.41) is 1.55. The minimum atomic E-state index is -0.166. The number of halogens is 3. The maximum atomic E-state index is 13.6. The first-order valence-electron chi connectivity index (χ1n) is 10.0. The van der Waals surface area contributed by atoms with Crippen molar-refractivity contribution >= 4 is 63.7 Å². The van der Waals surface area contributed by atoms with E-state index in [2.05, 4.69) is 4.57 Å². The standard InChI is InChI=1S/C26H17Cl3N2O/c27-18-12-10-17(11-13-18)16-30-14-4-5-19(30)15-21-20-6-1-2-9-24(20)31(26(21)32)25-22(28)7-3-8-23(25)29/h1-15H,16H2/b21-15-. The molecule has 6 heteroatoms. The maximum absolute atomic E-state index is 13.6. The third kappa shape index (κ3) is 3.73. The van der Waals surface area contributed by atoms with E-state index in [1.165, 1.54) is 0 Å². The fourth-order valence-electron chi connectivity index (χ4n) is 3.94. The molecule has 3 nitrogen and oxygen atoms in total. The Hall–Kier alpha value is -2.98. The lowest BCUT2D eigenvalue weighted by molar-refractivity contribution is -0.112. The predicted molar refractivity (Wildman–Crippen MR) is 133 cm³/mol. The third-order valence-electron chi connectivity index (χ3n) is 5.45. The molecule has 4 aromatic rings. The summed E-state index contributed by atoms with van der Waals surface area (Å²) in [6, 6.07) is 24.6. The van der Waals surface area contributed by atoms with E-state index in [0.717, 1.165) is 22.5 Å². The highest BCUT2D eigenvalue weighted by molar-refractivity contribution is 6.44. The number of carbonyl (C=O) groups excluding carboxylic acids is 1. The summed E-state index contributed by atoms with van der Waals surface area (Å²) in [4.78, 5) is 15.2. The van der Waals surface area contributed by atoms with E-state index < -0.39 is 0 Å². The maximum Gasteiger partial charge on any atom is 0.263 e. The first kappa shape index (κ1) is 20.9. The third-order valence-corrected chi connectivity index (χ3v) is 6.31. The average Bonchev–Trinajstić information content (AvgIpc) is 3.33. The van der Waals surface area contributed by atoms with E-state index in [1.807, 2.05) is 72.9 Å². The van der Waals surface area contributed by atoms with Crippen LogP contribution in [-0.2, 0) is 11.3 Å². The van der Waals surface area contributed by atoms with Gasteiger partial charge >= 0.3 is 0 Å². The van der Waals surface area contributed by atoms with Crippen molar-refractivity contribution in [1.29, 1.82) is 0 Å². The van der Waals surface area contributed by atoms with E-state index in [0.29, 0.717) is 32.9 Å². The van der Waals surface area contributed by atoms with Crippen molar-refractivity contribution in [1.82, 2.24) is 4.57 Å². The van der Waals surface area contributed by atoms with Crippen LogP contribution in [0.3, 0.4) is 0 Å². The van der Waals surface area contributed by atoms with Gasteiger partial charge in [-0.3, -0.25) is 9.69 Å². The number of hydrogen-bond acceptors (Lipinski definition) is 1. The molecule has 3 aromatic carbocycles. The zero-order chi connectivity index (χ0) is 22.2. The van der Waals surface area contributed by atoms with Crippen LogP contribution in [0.5, 0.6) is 0 Å². The van der Waals surface area contributed by atoms with E-state index >= 15 is 0 Å². The minimum absolute atomic E-state index is 0.166. The topological polar surface area (TPSA) is 25.2 Å². The van der Waals surface area contributed by atoms with Gasteiger partial charge in [0, 0.05) is 29.0 Å². The molecule has 0 radical (unpaired) electrons. The quantitative estimate of drug-likeness (QED) is 0.275. The molecule has 1 amide bonds. The first-order valence-corrected chi connectivity index (χ1v) is 11.2. The van der Waals surface area contributed by atoms with Gasteiger partial charge in [0.15, 0.2) is 0 Å². The summed E-state index contributed by atoms with van der Waals surface area (Å²) in [5.41, 5.74) is 4.72. The van der Waals surface area contributed by atoms with Crippen LogP contribution in [0, 0.1) is 0 Å². The fourth-order valence-corrected chi connectivity index (χ4v) is 4.63. The number of rotatable bonds is 4. The van der Waals surface area contributed by atoms with Crippen molar-refractivity contribution in [2.24, 2.45) is 0 Å². The van der Waals surface area contributed by atoms with Crippen LogP contribution in [0.2, 0.25) is 15.1 Å². The van der Waals surface area contributed by atoms with Crippen molar-refractivity contribution in [3.8, 4) is 0 Å². The van der Waals surface area contributed by atoms with Gasteiger partial charge in [0.25, 0.3) is 5.91 Å². The molecular weight excluding hydrogens is 463 g/mol. The summed E-state index contributed by atoms with van der Waals surface area (Å²) in [6.45, 7) is 0.666. The SMILES string of the molecule is O=C1/C(=C\c2cccn2Cc2ccc(Cl)cc2)c2ccccc2N1c1c(Cl)cccc1Cl. The van der Waals surface area contributed by atoms with Gasteiger partial charge in [-0.15, -0.1) is 0 Å². The lowest BCUT2D eigenvalue weighted by Crippen LogP contribution is -2.21. The zero-order valence-electron chi connectivity index (χ0n) is 16.8. The second kappa shape index (κ2) is 8.51. The van der Waals surface area contributed by atoms with E-state index in [4.69, 9.17) is 34.8 Å². The average molecular weight is 480 g/mol. The molecule has 0 saturated carbocycles. The Labute approximate surface area is 201 Å². The van der Waals surface area contributed by atoms with Gasteiger partial charge in [0.1, 0.15) is 0 Å². The van der Waals surface area contributed by atoms with Crippen LogP contribution in [0.15, 0.2) is 85.1 Å². The Morgan fingerprint density at radius 2 is 1.50 bits per heavy atom. The summed E-state index contributed by atoms with van der Waals surface area (Å²) < 4.78 is 2.09. The minimum Gasteiger partial charge on any atom is -0.344 e. The molecule has 0 fully saturated rings. The number of nitrogens with zero attached hydrogens (tertiary/aromatic N) is 2. The van der Waals surface area contributed by atoms with Gasteiger partial charge in [-0.1, -0.05) is 71.2 Å². The van der Waals surface area contributed by atoms with E-state index in [-0.39, 0.29) is 5.91 Å². The van der Waals surface area contributed by atoms with Gasteiger partial charge < -0.3 is 4.57 Å². The molecule has 2 heterocycles. The first-order chi connectivity index (χ1) is 15.5. The summed E-state index contributed by atoms with van der Waals surface area (Å²) in [5.74, 6) is -0.166. The lowest BCUT2D eigenvalue weighted by atomic mass is 10.1. The number of benzene rings is 3. The molecule has 0 saturated heterocycles. The number of carbonyl (C=O) groups is 1. The van der Waals surface area contributed by atoms with Crippen LogP contribution in [-0.4, -0.2) is 10.5 Å². The van der Waals surface area contributed by atoms with Gasteiger partial charge in [-0.05, 0) is 54.1 Å². The largest absolute Gasteiger partial charge is 0.344 e. The second-order valence-electron chi connectivity index (χ2n) is 7.47. The smallest absolute Gasteiger partial charge is 0.263 e. The molecule has 5 rings (SSSR count). The molecule has 158 valence electrons. The Morgan fingerprint density at radius 3 is 2.25 bits per heavy atom. The van der Waals surface area contributed by atoms with Crippen LogP contribution in [0.1, 0.15) is 16.8 Å². The molecule has 0 aliphatic carbocycles. The molecule has 0 spiro atoms. The van der Waals surface area contributed by atoms with Crippen LogP contribution >= 0.6 is 34.8 Å². The number of amides is 1. The lowest BCUT2D eigenvalue weighted by Gasteiger charge is -2.20. The zero-order valence-corrected chi connectivity index (χ0v) is 19.1. The molecule has 0 N–H and O–H groups in total. The highest BCUT2D eigenvalue weighted by atomic mass is 35.5. The molecule has 32 heavy (non-hydrogen) atoms. The highest BCUT2D eigenvalue weighted by Gasteiger charge is 2.35. The van der Waals surface area contributed by atoms with Gasteiger partial charge in [-0.2, -0.15) is 0 Å². The number of hydrogen-bond donors (Lipinski definition) is 0. The van der Waals surface area contributed by atoms with E-state index in [1.54, 1.807) is 23.1 Å². The normalized spacial score (nSPS) is 14.3. The second-order valence-corrected chi connectivity index (χ2v) is 8.72. The van der Waals surface area contributed by atoms with Gasteiger partial charge in [0.05, 0.1) is 27.0 Å². The molecule has 1 aromatic heterocycles. The molecule has 0 atom stereocenters. The summed E-state index contributed by atoms with van der Waals surface area (Å²) in [6.07, 6.45) is 3.91. The molecule has 0 bridgehead atoms. The van der Waals surface area contributed by atoms with Crippen molar-refractivity contribution in [3.63, 3.8) is 0 Å². The predicted octanol–water partition coefficient (Wildman–Crippen LogP) is 7.72. The van der Waals surface area contributed by atoms with E-state index in [9.17, 15) is 4.79 Å². The van der Waals surface area contributed by atoms with Gasteiger partial charge in [-0.25, -0.2) is 0 Å². The van der Waals surface area contributed by atoms with Crippen molar-refractivity contribution in [2.45, 2.75) is 6.54 Å². The summed E-state index contributed by atoms with van der Waals surface area (Å²) in [7, 11) is 0. The highest BCUT2D eigenvalue weighted by Crippen LogP contribution is 2.46. The Kier molecular flexibility index (Phi) is 5.56. The Bertz CT molecular complexity index is 1340. The Balaban J connectivity index is 1.58. The molecule has 0 unspecified atom stereocenters. The monoisotopic (exact) mass is 478 g/mol. The summed E-state index contributed by atoms with van der Waals surface area (Å²) >= 11 is 18.9. The molecule has 1 aliphatic heterocycles. The number of fused-ring (bicyclic) bond motifs is 1. The van der Waals surface area contributed by atoms with Crippen LogP contribution < -0.4 is 4.90 Å². The van der Waals surface area contributed by atoms with Crippen molar-refractivity contribution < 1.29 is 4.79 Å².